The van der Waals surface area contributed by atoms with Crippen LogP contribution in [0.5, 0.6) is 0 Å². The van der Waals surface area contributed by atoms with E-state index in [9.17, 15) is 0 Å². The molecule has 2 rings (SSSR count). The molecule has 2 aromatic carbocycles. The maximum Gasteiger partial charge on any atom is 0.0952 e. The first-order valence-electron chi connectivity index (χ1n) is 9.23. The van der Waals surface area contributed by atoms with Gasteiger partial charge in [0.05, 0.1) is 12.7 Å². The van der Waals surface area contributed by atoms with Crippen LogP contribution in [0.15, 0.2) is 42.5 Å². The fourth-order valence-electron chi connectivity index (χ4n) is 2.85. The maximum absolute atomic E-state index is 6.17. The Hall–Kier alpha value is -1.35. The van der Waals surface area contributed by atoms with E-state index < -0.39 is 0 Å². The molecule has 0 saturated carbocycles. The summed E-state index contributed by atoms with van der Waals surface area (Å²) in [7, 11) is 0. The van der Waals surface area contributed by atoms with Crippen LogP contribution >= 0.6 is 11.6 Å². The van der Waals surface area contributed by atoms with E-state index in [4.69, 9.17) is 22.1 Å². The molecule has 0 unspecified atom stereocenters. The highest BCUT2D eigenvalue weighted by atomic mass is 35.5. The summed E-state index contributed by atoms with van der Waals surface area (Å²) in [4.78, 5) is 0. The van der Waals surface area contributed by atoms with Crippen LogP contribution in [0.2, 0.25) is 5.02 Å². The van der Waals surface area contributed by atoms with Crippen molar-refractivity contribution in [1.29, 1.82) is 0 Å². The number of nitrogens with two attached hydrogens (primary N) is 1. The first kappa shape index (κ1) is 21.0. The Bertz CT molecular complexity index is 708. The zero-order valence-corrected chi connectivity index (χ0v) is 17.7. The van der Waals surface area contributed by atoms with Gasteiger partial charge < -0.3 is 10.5 Å². The van der Waals surface area contributed by atoms with Crippen molar-refractivity contribution in [2.75, 3.05) is 6.54 Å². The fraction of sp³-hybridized carbons (Fsp3) is 0.478. The second kappa shape index (κ2) is 8.12. The molecule has 3 heteroatoms. The molecule has 0 aliphatic heterocycles. The Morgan fingerprint density at radius 2 is 1.50 bits per heavy atom. The van der Waals surface area contributed by atoms with Crippen LogP contribution in [0.4, 0.5) is 0 Å². The van der Waals surface area contributed by atoms with E-state index >= 15 is 0 Å². The molecule has 0 heterocycles. The molecule has 2 aromatic rings. The van der Waals surface area contributed by atoms with Crippen molar-refractivity contribution in [2.24, 2.45) is 5.73 Å². The van der Waals surface area contributed by atoms with Crippen LogP contribution in [-0.4, -0.2) is 6.54 Å². The molecule has 0 saturated heterocycles. The van der Waals surface area contributed by atoms with Gasteiger partial charge in [-0.3, -0.25) is 0 Å². The van der Waals surface area contributed by atoms with Gasteiger partial charge in [-0.1, -0.05) is 83.5 Å². The van der Waals surface area contributed by atoms with Gasteiger partial charge in [0.1, 0.15) is 0 Å². The van der Waals surface area contributed by atoms with Gasteiger partial charge in [-0.15, -0.1) is 0 Å². The van der Waals surface area contributed by atoms with Crippen molar-refractivity contribution in [3.8, 4) is 0 Å². The van der Waals surface area contributed by atoms with Crippen molar-refractivity contribution in [2.45, 2.75) is 65.1 Å². The van der Waals surface area contributed by atoms with Crippen molar-refractivity contribution in [3.05, 3.63) is 69.7 Å². The maximum atomic E-state index is 6.17. The Kier molecular flexibility index (Phi) is 6.55. The Labute approximate surface area is 163 Å². The minimum Gasteiger partial charge on any atom is -0.368 e. The minimum absolute atomic E-state index is 0.0935. The Morgan fingerprint density at radius 3 is 1.96 bits per heavy atom. The molecule has 0 spiro atoms. The zero-order chi connectivity index (χ0) is 19.5. The largest absolute Gasteiger partial charge is 0.368 e. The topological polar surface area (TPSA) is 35.2 Å². The molecule has 0 aliphatic rings. The van der Waals surface area contributed by atoms with Gasteiger partial charge in [0.25, 0.3) is 0 Å². The van der Waals surface area contributed by atoms with Gasteiger partial charge >= 0.3 is 0 Å². The summed E-state index contributed by atoms with van der Waals surface area (Å²) >= 11 is 6.11. The summed E-state index contributed by atoms with van der Waals surface area (Å²) < 4.78 is 6.17. The predicted octanol–water partition coefficient (Wildman–Crippen LogP) is 6.15. The van der Waals surface area contributed by atoms with Crippen molar-refractivity contribution < 1.29 is 4.74 Å². The van der Waals surface area contributed by atoms with E-state index in [-0.39, 0.29) is 16.9 Å². The number of halogens is 1. The molecule has 2 N–H and O–H groups in total. The Morgan fingerprint density at radius 1 is 0.923 bits per heavy atom. The summed E-state index contributed by atoms with van der Waals surface area (Å²) in [5, 5.41) is 0.703. The van der Waals surface area contributed by atoms with E-state index in [1.165, 1.54) is 16.7 Å². The lowest BCUT2D eigenvalue weighted by molar-refractivity contribution is 0.0455. The van der Waals surface area contributed by atoms with Gasteiger partial charge in [-0.25, -0.2) is 0 Å². The molecular formula is C23H32ClNO. The molecular weight excluding hydrogens is 342 g/mol. The molecule has 0 radical (unpaired) electrons. The molecule has 0 amide bonds. The summed E-state index contributed by atoms with van der Waals surface area (Å²) in [6.07, 6.45) is -0.162. The molecule has 142 valence electrons. The summed E-state index contributed by atoms with van der Waals surface area (Å²) in [6.45, 7) is 14.4. The van der Waals surface area contributed by atoms with Gasteiger partial charge in [0.2, 0.25) is 0 Å². The standard InChI is InChI=1S/C23H32ClNO/c1-22(2,3)18-10-16(11-19(13-18)23(4,5)6)15-26-21(14-25)17-8-7-9-20(24)12-17/h7-13,21H,14-15,25H2,1-6H3/t21-/m0/s1. The smallest absolute Gasteiger partial charge is 0.0952 e. The first-order valence-corrected chi connectivity index (χ1v) is 9.60. The number of hydrogen-bond donors (Lipinski definition) is 1. The quantitative estimate of drug-likeness (QED) is 0.681. The van der Waals surface area contributed by atoms with Crippen LogP contribution in [-0.2, 0) is 22.2 Å². The van der Waals surface area contributed by atoms with Crippen molar-refractivity contribution in [1.82, 2.24) is 0 Å². The number of benzene rings is 2. The van der Waals surface area contributed by atoms with Crippen LogP contribution < -0.4 is 5.73 Å². The van der Waals surface area contributed by atoms with Crippen LogP contribution in [0.25, 0.3) is 0 Å². The van der Waals surface area contributed by atoms with Crippen molar-refractivity contribution >= 4 is 11.6 Å². The monoisotopic (exact) mass is 373 g/mol. The summed E-state index contributed by atoms with van der Waals surface area (Å²) in [5.74, 6) is 0. The molecule has 0 aromatic heterocycles. The first-order chi connectivity index (χ1) is 12.0. The second-order valence-electron chi connectivity index (χ2n) is 9.01. The number of ether oxygens (including phenoxy) is 1. The number of hydrogen-bond acceptors (Lipinski definition) is 2. The highest BCUT2D eigenvalue weighted by Crippen LogP contribution is 2.31. The van der Waals surface area contributed by atoms with E-state index in [0.29, 0.717) is 18.2 Å². The lowest BCUT2D eigenvalue weighted by Gasteiger charge is -2.26. The van der Waals surface area contributed by atoms with Gasteiger partial charge in [0.15, 0.2) is 0 Å². The fourth-order valence-corrected chi connectivity index (χ4v) is 3.04. The van der Waals surface area contributed by atoms with Gasteiger partial charge in [-0.2, -0.15) is 0 Å². The van der Waals surface area contributed by atoms with Crippen LogP contribution in [0, 0.1) is 0 Å². The summed E-state index contributed by atoms with van der Waals surface area (Å²) in [6, 6.07) is 14.5. The molecule has 2 nitrogen and oxygen atoms in total. The number of rotatable bonds is 5. The third-order valence-corrected chi connectivity index (χ3v) is 4.85. The average Bonchev–Trinajstić information content (AvgIpc) is 2.53. The predicted molar refractivity (Wildman–Crippen MR) is 112 cm³/mol. The van der Waals surface area contributed by atoms with E-state index in [0.717, 1.165) is 5.56 Å². The SMILES string of the molecule is CC(C)(C)c1cc(CO[C@@H](CN)c2cccc(Cl)c2)cc(C(C)(C)C)c1. The lowest BCUT2D eigenvalue weighted by atomic mass is 9.79. The van der Waals surface area contributed by atoms with Gasteiger partial charge in [-0.05, 0) is 45.2 Å². The highest BCUT2D eigenvalue weighted by molar-refractivity contribution is 6.30. The van der Waals surface area contributed by atoms with E-state index in [1.54, 1.807) is 0 Å². The molecule has 0 fully saturated rings. The molecule has 1 atom stereocenters. The van der Waals surface area contributed by atoms with Crippen molar-refractivity contribution in [3.63, 3.8) is 0 Å². The molecule has 26 heavy (non-hydrogen) atoms. The lowest BCUT2D eigenvalue weighted by Crippen LogP contribution is -2.18. The minimum atomic E-state index is -0.162. The summed E-state index contributed by atoms with van der Waals surface area (Å²) in [5.41, 5.74) is 11.0. The van der Waals surface area contributed by atoms with Crippen LogP contribution in [0.3, 0.4) is 0 Å². The zero-order valence-electron chi connectivity index (χ0n) is 16.9. The third kappa shape index (κ3) is 5.57. The highest BCUT2D eigenvalue weighted by Gasteiger charge is 2.21. The molecule has 0 bridgehead atoms. The van der Waals surface area contributed by atoms with Gasteiger partial charge in [0, 0.05) is 11.6 Å². The molecule has 0 aliphatic carbocycles. The van der Waals surface area contributed by atoms with E-state index in [2.05, 4.69) is 59.7 Å². The third-order valence-electron chi connectivity index (χ3n) is 4.61. The Balaban J connectivity index is 2.27. The van der Waals surface area contributed by atoms with E-state index in [1.807, 2.05) is 24.3 Å². The van der Waals surface area contributed by atoms with Crippen LogP contribution in [0.1, 0.15) is 69.9 Å². The normalized spacial score (nSPS) is 13.7. The second-order valence-corrected chi connectivity index (χ2v) is 9.45. The average molecular weight is 374 g/mol.